The van der Waals surface area contributed by atoms with Crippen molar-refractivity contribution in [2.75, 3.05) is 5.73 Å². The van der Waals surface area contributed by atoms with E-state index < -0.39 is 11.6 Å². The standard InChI is InChI=1S/C11H9F2NS/c1-6-7(2-3-15-6)8-4-10(13)11(14)5-9(8)12/h2-5H,14H2,1H3. The number of nitrogen functional groups attached to an aromatic ring is 1. The van der Waals surface area contributed by atoms with Crippen molar-refractivity contribution in [3.05, 3.63) is 40.1 Å². The second kappa shape index (κ2) is 3.62. The third-order valence-electron chi connectivity index (χ3n) is 2.24. The van der Waals surface area contributed by atoms with Crippen molar-refractivity contribution in [3.8, 4) is 11.1 Å². The first-order chi connectivity index (χ1) is 7.09. The van der Waals surface area contributed by atoms with Gasteiger partial charge in [0.1, 0.15) is 11.6 Å². The van der Waals surface area contributed by atoms with E-state index in [0.29, 0.717) is 0 Å². The van der Waals surface area contributed by atoms with Crippen molar-refractivity contribution in [3.63, 3.8) is 0 Å². The molecule has 2 aromatic rings. The van der Waals surface area contributed by atoms with Gasteiger partial charge in [0.25, 0.3) is 0 Å². The molecule has 0 aliphatic heterocycles. The van der Waals surface area contributed by atoms with Crippen LogP contribution < -0.4 is 5.73 Å². The molecule has 0 aliphatic carbocycles. The molecule has 1 heterocycles. The van der Waals surface area contributed by atoms with E-state index in [0.717, 1.165) is 22.6 Å². The maximum absolute atomic E-state index is 13.5. The topological polar surface area (TPSA) is 26.0 Å². The molecule has 0 amide bonds. The molecule has 78 valence electrons. The van der Waals surface area contributed by atoms with Crippen LogP contribution in [0.1, 0.15) is 4.88 Å². The number of hydrogen-bond donors (Lipinski definition) is 1. The van der Waals surface area contributed by atoms with E-state index in [2.05, 4.69) is 0 Å². The SMILES string of the molecule is Cc1sccc1-c1cc(F)c(N)cc1F. The monoisotopic (exact) mass is 225 g/mol. The lowest BCUT2D eigenvalue weighted by Crippen LogP contribution is -1.94. The maximum atomic E-state index is 13.5. The Morgan fingerprint density at radius 1 is 1.13 bits per heavy atom. The fourth-order valence-corrected chi connectivity index (χ4v) is 2.15. The van der Waals surface area contributed by atoms with Crippen LogP contribution in [0.5, 0.6) is 0 Å². The molecule has 2 rings (SSSR count). The highest BCUT2D eigenvalue weighted by Crippen LogP contribution is 2.31. The van der Waals surface area contributed by atoms with E-state index in [9.17, 15) is 8.78 Å². The Hall–Kier alpha value is -1.42. The Kier molecular flexibility index (Phi) is 2.44. The smallest absolute Gasteiger partial charge is 0.146 e. The third-order valence-corrected chi connectivity index (χ3v) is 3.08. The largest absolute Gasteiger partial charge is 0.396 e. The van der Waals surface area contributed by atoms with Gasteiger partial charge in [0.05, 0.1) is 5.69 Å². The van der Waals surface area contributed by atoms with Crippen molar-refractivity contribution < 1.29 is 8.78 Å². The predicted molar refractivity (Wildman–Crippen MR) is 58.8 cm³/mol. The van der Waals surface area contributed by atoms with E-state index in [1.54, 1.807) is 6.07 Å². The van der Waals surface area contributed by atoms with Crippen molar-refractivity contribution in [1.29, 1.82) is 0 Å². The van der Waals surface area contributed by atoms with Crippen LogP contribution in [0.4, 0.5) is 14.5 Å². The molecule has 4 heteroatoms. The Balaban J connectivity index is 2.64. The van der Waals surface area contributed by atoms with Crippen LogP contribution in [-0.2, 0) is 0 Å². The van der Waals surface area contributed by atoms with E-state index in [1.807, 2.05) is 12.3 Å². The minimum Gasteiger partial charge on any atom is -0.396 e. The second-order valence-corrected chi connectivity index (χ2v) is 4.36. The zero-order chi connectivity index (χ0) is 11.0. The molecule has 0 bridgehead atoms. The average molecular weight is 225 g/mol. The molecule has 1 aromatic carbocycles. The Labute approximate surface area is 90.2 Å². The molecule has 0 radical (unpaired) electrons. The summed E-state index contributed by atoms with van der Waals surface area (Å²) in [6, 6.07) is 3.93. The average Bonchev–Trinajstić information content (AvgIpc) is 2.58. The van der Waals surface area contributed by atoms with E-state index >= 15 is 0 Å². The van der Waals surface area contributed by atoms with Crippen LogP contribution in [-0.4, -0.2) is 0 Å². The molecule has 0 fully saturated rings. The van der Waals surface area contributed by atoms with Crippen LogP contribution in [0.3, 0.4) is 0 Å². The Morgan fingerprint density at radius 2 is 1.87 bits per heavy atom. The summed E-state index contributed by atoms with van der Waals surface area (Å²) in [6.07, 6.45) is 0. The number of hydrogen-bond acceptors (Lipinski definition) is 2. The van der Waals surface area contributed by atoms with Gasteiger partial charge >= 0.3 is 0 Å². The molecular weight excluding hydrogens is 216 g/mol. The number of anilines is 1. The van der Waals surface area contributed by atoms with Gasteiger partial charge in [-0.3, -0.25) is 0 Å². The lowest BCUT2D eigenvalue weighted by Gasteiger charge is -2.04. The van der Waals surface area contributed by atoms with Gasteiger partial charge in [-0.15, -0.1) is 11.3 Å². The zero-order valence-electron chi connectivity index (χ0n) is 8.05. The summed E-state index contributed by atoms with van der Waals surface area (Å²) >= 11 is 1.50. The molecule has 15 heavy (non-hydrogen) atoms. The molecule has 0 aliphatic rings. The third kappa shape index (κ3) is 1.72. The van der Waals surface area contributed by atoms with Gasteiger partial charge < -0.3 is 5.73 Å². The van der Waals surface area contributed by atoms with Crippen LogP contribution in [0.15, 0.2) is 23.6 Å². The molecular formula is C11H9F2NS. The van der Waals surface area contributed by atoms with Gasteiger partial charge in [-0.2, -0.15) is 0 Å². The lowest BCUT2D eigenvalue weighted by atomic mass is 10.1. The highest BCUT2D eigenvalue weighted by Gasteiger charge is 2.12. The summed E-state index contributed by atoms with van der Waals surface area (Å²) in [7, 11) is 0. The maximum Gasteiger partial charge on any atom is 0.146 e. The summed E-state index contributed by atoms with van der Waals surface area (Å²) in [4.78, 5) is 0.957. The second-order valence-electron chi connectivity index (χ2n) is 3.24. The summed E-state index contributed by atoms with van der Waals surface area (Å²) < 4.78 is 26.7. The number of thiophene rings is 1. The lowest BCUT2D eigenvalue weighted by molar-refractivity contribution is 0.607. The first-order valence-corrected chi connectivity index (χ1v) is 5.26. The zero-order valence-corrected chi connectivity index (χ0v) is 8.87. The summed E-state index contributed by atoms with van der Waals surface area (Å²) in [6.45, 7) is 1.87. The number of halogens is 2. The van der Waals surface area contributed by atoms with Crippen molar-refractivity contribution in [1.82, 2.24) is 0 Å². The summed E-state index contributed by atoms with van der Waals surface area (Å²) in [5.41, 5.74) is 6.09. The highest BCUT2D eigenvalue weighted by molar-refractivity contribution is 7.10. The predicted octanol–water partition coefficient (Wildman–Crippen LogP) is 3.58. The van der Waals surface area contributed by atoms with Crippen molar-refractivity contribution >= 4 is 17.0 Å². The van der Waals surface area contributed by atoms with Gasteiger partial charge in [0.2, 0.25) is 0 Å². The Bertz CT molecular complexity index is 505. The van der Waals surface area contributed by atoms with Gasteiger partial charge in [-0.05, 0) is 30.0 Å². The fraction of sp³-hybridized carbons (Fsp3) is 0.0909. The number of nitrogens with two attached hydrogens (primary N) is 1. The number of benzene rings is 1. The van der Waals surface area contributed by atoms with Crippen LogP contribution in [0.25, 0.3) is 11.1 Å². The van der Waals surface area contributed by atoms with Crippen LogP contribution in [0, 0.1) is 18.6 Å². The molecule has 2 N–H and O–H groups in total. The fourth-order valence-electron chi connectivity index (χ4n) is 1.43. The Morgan fingerprint density at radius 3 is 2.47 bits per heavy atom. The number of aryl methyl sites for hydroxylation is 1. The molecule has 1 nitrogen and oxygen atoms in total. The highest BCUT2D eigenvalue weighted by atomic mass is 32.1. The van der Waals surface area contributed by atoms with E-state index in [-0.39, 0.29) is 11.3 Å². The van der Waals surface area contributed by atoms with Crippen LogP contribution >= 0.6 is 11.3 Å². The van der Waals surface area contributed by atoms with Gasteiger partial charge in [0.15, 0.2) is 0 Å². The van der Waals surface area contributed by atoms with E-state index in [1.165, 1.54) is 11.3 Å². The molecule has 0 unspecified atom stereocenters. The van der Waals surface area contributed by atoms with Crippen molar-refractivity contribution in [2.45, 2.75) is 6.92 Å². The van der Waals surface area contributed by atoms with E-state index in [4.69, 9.17) is 5.73 Å². The molecule has 0 spiro atoms. The number of rotatable bonds is 1. The first-order valence-electron chi connectivity index (χ1n) is 4.38. The minimum atomic E-state index is -0.586. The normalized spacial score (nSPS) is 10.6. The molecule has 0 saturated heterocycles. The van der Waals surface area contributed by atoms with Crippen LogP contribution in [0.2, 0.25) is 0 Å². The minimum absolute atomic E-state index is 0.163. The summed E-state index contributed by atoms with van der Waals surface area (Å²) in [5.74, 6) is -1.08. The van der Waals surface area contributed by atoms with Gasteiger partial charge in [-0.25, -0.2) is 8.78 Å². The quantitative estimate of drug-likeness (QED) is 0.737. The summed E-state index contributed by atoms with van der Waals surface area (Å²) in [5, 5.41) is 1.85. The first kappa shape index (κ1) is 10.1. The van der Waals surface area contributed by atoms with Gasteiger partial charge in [-0.1, -0.05) is 0 Å². The molecule has 0 saturated carbocycles. The molecule has 1 aromatic heterocycles. The van der Waals surface area contributed by atoms with Crippen molar-refractivity contribution in [2.24, 2.45) is 0 Å². The van der Waals surface area contributed by atoms with Gasteiger partial charge in [0, 0.05) is 16.5 Å². The molecule has 0 atom stereocenters.